The molecule has 2 heterocycles. The fourth-order valence-electron chi connectivity index (χ4n) is 3.69. The molecule has 1 aromatic heterocycles. The number of aromatic nitrogens is 2. The van der Waals surface area contributed by atoms with Crippen LogP contribution in [-0.4, -0.2) is 35.2 Å². The van der Waals surface area contributed by atoms with Crippen molar-refractivity contribution < 1.29 is 4.79 Å². The number of anilines is 1. The monoisotopic (exact) mass is 314 g/mol. The van der Waals surface area contributed by atoms with Gasteiger partial charge in [0.05, 0.1) is 0 Å². The number of carbonyl (C=O) groups is 1. The van der Waals surface area contributed by atoms with Crippen LogP contribution >= 0.6 is 0 Å². The quantitative estimate of drug-likeness (QED) is 0.840. The van der Waals surface area contributed by atoms with E-state index in [4.69, 9.17) is 0 Å². The summed E-state index contributed by atoms with van der Waals surface area (Å²) in [5.41, 5.74) is 1.29. The van der Waals surface area contributed by atoms with Gasteiger partial charge in [-0.1, -0.05) is 12.2 Å². The first-order chi connectivity index (χ1) is 11.3. The normalized spacial score (nSPS) is 25.6. The average Bonchev–Trinajstić information content (AvgIpc) is 3.34. The highest BCUT2D eigenvalue weighted by molar-refractivity contribution is 5.79. The summed E-state index contributed by atoms with van der Waals surface area (Å²) in [6.45, 7) is 1.95. The second-order valence-electron chi connectivity index (χ2n) is 7.21. The number of H-pyrrole nitrogens is 1. The number of nitrogens with zero attached hydrogens (tertiary/aromatic N) is 2. The lowest BCUT2D eigenvalue weighted by molar-refractivity contribution is -0.126. The zero-order valence-corrected chi connectivity index (χ0v) is 13.6. The van der Waals surface area contributed by atoms with Crippen molar-refractivity contribution in [3.8, 4) is 0 Å². The van der Waals surface area contributed by atoms with Crippen molar-refractivity contribution >= 4 is 11.7 Å². The molecule has 1 aliphatic heterocycles. The first-order valence-corrected chi connectivity index (χ1v) is 9.05. The molecule has 124 valence electrons. The van der Waals surface area contributed by atoms with Crippen molar-refractivity contribution in [2.45, 2.75) is 56.9 Å². The second-order valence-corrected chi connectivity index (χ2v) is 7.21. The van der Waals surface area contributed by atoms with Gasteiger partial charge in [0, 0.05) is 42.7 Å². The molecule has 2 fully saturated rings. The van der Waals surface area contributed by atoms with Gasteiger partial charge < -0.3 is 10.2 Å². The molecule has 1 atom stereocenters. The molecule has 2 aliphatic carbocycles. The fourth-order valence-corrected chi connectivity index (χ4v) is 3.69. The molecule has 5 heteroatoms. The van der Waals surface area contributed by atoms with E-state index in [9.17, 15) is 4.79 Å². The third-order valence-corrected chi connectivity index (χ3v) is 5.41. The van der Waals surface area contributed by atoms with Crippen molar-refractivity contribution in [2.24, 2.45) is 5.92 Å². The number of hydrogen-bond acceptors (Lipinski definition) is 3. The summed E-state index contributed by atoms with van der Waals surface area (Å²) >= 11 is 0. The molecule has 5 nitrogen and oxygen atoms in total. The Morgan fingerprint density at radius 2 is 2.00 bits per heavy atom. The lowest BCUT2D eigenvalue weighted by atomic mass is 9.93. The molecular weight excluding hydrogens is 288 g/mol. The molecule has 0 bridgehead atoms. The van der Waals surface area contributed by atoms with Gasteiger partial charge in [-0.05, 0) is 44.9 Å². The number of allylic oxidation sites excluding steroid dienone is 2. The maximum Gasteiger partial charge on any atom is 0.223 e. The Balaban J connectivity index is 1.26. The van der Waals surface area contributed by atoms with Crippen LogP contribution in [0.3, 0.4) is 0 Å². The SMILES string of the molecule is O=C(NC1CCN(c2cc(C3CC3)[nH]n2)CC1)[C@@H]1CC=CCC1. The number of carbonyl (C=O) groups excluding carboxylic acids is 1. The molecule has 23 heavy (non-hydrogen) atoms. The predicted octanol–water partition coefficient (Wildman–Crippen LogP) is 2.73. The van der Waals surface area contributed by atoms with E-state index in [-0.39, 0.29) is 11.8 Å². The van der Waals surface area contributed by atoms with Crippen LogP contribution in [0, 0.1) is 5.92 Å². The van der Waals surface area contributed by atoms with Gasteiger partial charge in [0.2, 0.25) is 5.91 Å². The van der Waals surface area contributed by atoms with Gasteiger partial charge >= 0.3 is 0 Å². The molecule has 1 aromatic rings. The Labute approximate surface area is 137 Å². The molecule has 0 spiro atoms. The third-order valence-electron chi connectivity index (χ3n) is 5.41. The van der Waals surface area contributed by atoms with Crippen molar-refractivity contribution in [1.29, 1.82) is 0 Å². The lowest BCUT2D eigenvalue weighted by Crippen LogP contribution is -2.46. The first-order valence-electron chi connectivity index (χ1n) is 9.05. The van der Waals surface area contributed by atoms with Crippen molar-refractivity contribution in [3.05, 3.63) is 23.9 Å². The molecule has 3 aliphatic rings. The Kier molecular flexibility index (Phi) is 4.10. The van der Waals surface area contributed by atoms with E-state index in [2.05, 4.69) is 38.6 Å². The number of amides is 1. The van der Waals surface area contributed by atoms with Crippen LogP contribution in [-0.2, 0) is 4.79 Å². The molecule has 0 aromatic carbocycles. The molecule has 4 rings (SSSR count). The van der Waals surface area contributed by atoms with E-state index in [0.717, 1.165) is 56.9 Å². The maximum atomic E-state index is 12.3. The van der Waals surface area contributed by atoms with Gasteiger partial charge in [-0.3, -0.25) is 9.89 Å². The van der Waals surface area contributed by atoms with Crippen LogP contribution in [0.15, 0.2) is 18.2 Å². The largest absolute Gasteiger partial charge is 0.355 e. The van der Waals surface area contributed by atoms with E-state index in [1.807, 2.05) is 0 Å². The summed E-state index contributed by atoms with van der Waals surface area (Å²) < 4.78 is 0. The Bertz CT molecular complexity index is 582. The number of piperidine rings is 1. The highest BCUT2D eigenvalue weighted by Gasteiger charge is 2.28. The summed E-state index contributed by atoms with van der Waals surface area (Å²) in [5.74, 6) is 2.24. The molecular formula is C18H26N4O. The van der Waals surface area contributed by atoms with E-state index < -0.39 is 0 Å². The Morgan fingerprint density at radius 1 is 1.17 bits per heavy atom. The highest BCUT2D eigenvalue weighted by atomic mass is 16.1. The minimum Gasteiger partial charge on any atom is -0.355 e. The van der Waals surface area contributed by atoms with Crippen LogP contribution in [0.2, 0.25) is 0 Å². The average molecular weight is 314 g/mol. The van der Waals surface area contributed by atoms with Crippen LogP contribution in [0.1, 0.15) is 56.6 Å². The Morgan fingerprint density at radius 3 is 2.70 bits per heavy atom. The number of hydrogen-bond donors (Lipinski definition) is 2. The summed E-state index contributed by atoms with van der Waals surface area (Å²) in [4.78, 5) is 14.7. The first kappa shape index (κ1) is 14.8. The molecule has 1 saturated carbocycles. The summed E-state index contributed by atoms with van der Waals surface area (Å²) in [6, 6.07) is 2.54. The van der Waals surface area contributed by atoms with Gasteiger partial charge in [-0.15, -0.1) is 0 Å². The summed E-state index contributed by atoms with van der Waals surface area (Å²) in [7, 11) is 0. The topological polar surface area (TPSA) is 61.0 Å². The number of nitrogens with one attached hydrogen (secondary N) is 2. The fraction of sp³-hybridized carbons (Fsp3) is 0.667. The van der Waals surface area contributed by atoms with Gasteiger partial charge in [-0.25, -0.2) is 0 Å². The summed E-state index contributed by atoms with van der Waals surface area (Å²) in [6.07, 6.45) is 11.9. The molecule has 0 unspecified atom stereocenters. The highest BCUT2D eigenvalue weighted by Crippen LogP contribution is 2.40. The molecule has 1 amide bonds. The second kappa shape index (κ2) is 6.38. The van der Waals surface area contributed by atoms with Crippen molar-refractivity contribution in [3.63, 3.8) is 0 Å². The summed E-state index contributed by atoms with van der Waals surface area (Å²) in [5, 5.41) is 10.9. The number of rotatable bonds is 4. The van der Waals surface area contributed by atoms with E-state index >= 15 is 0 Å². The van der Waals surface area contributed by atoms with Crippen molar-refractivity contribution in [2.75, 3.05) is 18.0 Å². The van der Waals surface area contributed by atoms with Crippen LogP contribution in [0.25, 0.3) is 0 Å². The minimum absolute atomic E-state index is 0.186. The zero-order valence-electron chi connectivity index (χ0n) is 13.6. The van der Waals surface area contributed by atoms with Crippen LogP contribution < -0.4 is 10.2 Å². The van der Waals surface area contributed by atoms with Gasteiger partial charge in [0.1, 0.15) is 0 Å². The lowest BCUT2D eigenvalue weighted by Gasteiger charge is -2.33. The van der Waals surface area contributed by atoms with E-state index in [0.29, 0.717) is 6.04 Å². The third kappa shape index (κ3) is 3.43. The number of aromatic amines is 1. The van der Waals surface area contributed by atoms with E-state index in [1.165, 1.54) is 18.5 Å². The minimum atomic E-state index is 0.186. The zero-order chi connectivity index (χ0) is 15.6. The standard InChI is InChI=1S/C18H26N4O/c23-18(14-4-2-1-3-5-14)19-15-8-10-22(11-9-15)17-12-16(20-21-17)13-6-7-13/h1-2,12-15H,3-11H2,(H,19,23)(H,20,21)/t14-/m1/s1. The van der Waals surface area contributed by atoms with Crippen LogP contribution in [0.4, 0.5) is 5.82 Å². The van der Waals surface area contributed by atoms with Gasteiger partial charge in [-0.2, -0.15) is 5.10 Å². The maximum absolute atomic E-state index is 12.3. The van der Waals surface area contributed by atoms with Crippen LogP contribution in [0.5, 0.6) is 0 Å². The molecule has 2 N–H and O–H groups in total. The molecule has 0 radical (unpaired) electrons. The van der Waals surface area contributed by atoms with E-state index in [1.54, 1.807) is 0 Å². The van der Waals surface area contributed by atoms with Gasteiger partial charge in [0.15, 0.2) is 5.82 Å². The van der Waals surface area contributed by atoms with Crippen molar-refractivity contribution in [1.82, 2.24) is 15.5 Å². The Hall–Kier alpha value is -1.78. The van der Waals surface area contributed by atoms with Gasteiger partial charge in [0.25, 0.3) is 0 Å². The molecule has 1 saturated heterocycles. The predicted molar refractivity (Wildman–Crippen MR) is 90.4 cm³/mol. The smallest absolute Gasteiger partial charge is 0.223 e.